The molecule has 0 saturated heterocycles. The fraction of sp³-hybridized carbons (Fsp3) is 0.182. The van der Waals surface area contributed by atoms with Gasteiger partial charge >= 0.3 is 5.97 Å². The molecule has 11 heteroatoms. The number of carboxylic acid groups (broad SMARTS) is 1. The van der Waals surface area contributed by atoms with Gasteiger partial charge in [0, 0.05) is 17.5 Å². The van der Waals surface area contributed by atoms with Gasteiger partial charge in [-0.3, -0.25) is 10.1 Å². The Kier molecular flexibility index (Phi) is 7.25. The lowest BCUT2D eigenvalue weighted by molar-refractivity contribution is -0.605. The van der Waals surface area contributed by atoms with E-state index in [-0.39, 0.29) is 33.3 Å². The lowest BCUT2D eigenvalue weighted by Crippen LogP contribution is -2.25. The molecule has 0 amide bonds. The molecule has 0 radical (unpaired) electrons. The van der Waals surface area contributed by atoms with Gasteiger partial charge in [0.05, 0.1) is 30.3 Å². The molecule has 0 saturated carbocycles. The number of nitro benzene ring substituents is 1. The maximum atomic E-state index is 12.0. The van der Waals surface area contributed by atoms with Crippen molar-refractivity contribution in [2.75, 3.05) is 14.2 Å². The predicted molar refractivity (Wildman–Crippen MR) is 121 cm³/mol. The number of benzene rings is 2. The number of aromatic nitrogens is 1. The van der Waals surface area contributed by atoms with Crippen LogP contribution in [0.1, 0.15) is 33.0 Å². The van der Waals surface area contributed by atoms with Gasteiger partial charge < -0.3 is 19.8 Å². The minimum Gasteiger partial charge on any atom is -0.619 e. The molecule has 1 heterocycles. The van der Waals surface area contributed by atoms with Gasteiger partial charge in [0.15, 0.2) is 23.9 Å². The van der Waals surface area contributed by atoms with Crippen LogP contribution in [0.3, 0.4) is 0 Å². The molecule has 0 aliphatic heterocycles. The van der Waals surface area contributed by atoms with Crippen molar-refractivity contribution in [1.29, 1.82) is 0 Å². The van der Waals surface area contributed by atoms with Crippen LogP contribution in [-0.2, 0) is 6.42 Å². The second-order valence-electron chi connectivity index (χ2n) is 6.96. The Bertz CT molecular complexity index is 1180. The van der Waals surface area contributed by atoms with E-state index < -0.39 is 16.8 Å². The van der Waals surface area contributed by atoms with Crippen LogP contribution in [0.5, 0.6) is 11.5 Å². The number of carbonyl (C=O) groups is 1. The summed E-state index contributed by atoms with van der Waals surface area (Å²) in [6, 6.07) is 8.68. The number of pyridine rings is 1. The molecule has 0 fully saturated rings. The number of carboxylic acids is 1. The zero-order valence-corrected chi connectivity index (χ0v) is 19.0. The third kappa shape index (κ3) is 4.94. The number of halogens is 2. The molecule has 0 aliphatic carbocycles. The monoisotopic (exact) mass is 492 g/mol. The van der Waals surface area contributed by atoms with Crippen LogP contribution in [0, 0.1) is 15.3 Å². The average molecular weight is 493 g/mol. The van der Waals surface area contributed by atoms with E-state index in [4.69, 9.17) is 32.7 Å². The van der Waals surface area contributed by atoms with Gasteiger partial charge in [0.2, 0.25) is 0 Å². The lowest BCUT2D eigenvalue weighted by atomic mass is 9.82. The third-order valence-electron chi connectivity index (χ3n) is 5.13. The average Bonchev–Trinajstić information content (AvgIpc) is 2.77. The second kappa shape index (κ2) is 9.93. The van der Waals surface area contributed by atoms with Crippen LogP contribution in [-0.4, -0.2) is 30.2 Å². The van der Waals surface area contributed by atoms with Crippen molar-refractivity contribution in [3.8, 4) is 11.5 Å². The van der Waals surface area contributed by atoms with E-state index in [1.54, 1.807) is 18.2 Å². The summed E-state index contributed by atoms with van der Waals surface area (Å²) in [6.45, 7) is 0. The summed E-state index contributed by atoms with van der Waals surface area (Å²) in [6.07, 6.45) is 2.18. The molecule has 9 nitrogen and oxygen atoms in total. The van der Waals surface area contributed by atoms with Crippen molar-refractivity contribution < 1.29 is 29.0 Å². The maximum Gasteiger partial charge on any atom is 0.336 e. The lowest BCUT2D eigenvalue weighted by Gasteiger charge is -2.22. The number of rotatable bonds is 8. The Balaban J connectivity index is 2.33. The summed E-state index contributed by atoms with van der Waals surface area (Å²) >= 11 is 12.5. The first-order valence-corrected chi connectivity index (χ1v) is 10.2. The van der Waals surface area contributed by atoms with Crippen molar-refractivity contribution in [3.05, 3.63) is 96.4 Å². The molecular formula is C22H18Cl2N2O7. The van der Waals surface area contributed by atoms with Crippen LogP contribution in [0.25, 0.3) is 0 Å². The molecular weight excluding hydrogens is 475 g/mol. The molecule has 3 aromatic rings. The Morgan fingerprint density at radius 3 is 2.30 bits per heavy atom. The highest BCUT2D eigenvalue weighted by atomic mass is 35.5. The topological polar surface area (TPSA) is 126 Å². The number of methoxy groups -OCH3 is 2. The number of hydrogen-bond acceptors (Lipinski definition) is 6. The van der Waals surface area contributed by atoms with Crippen molar-refractivity contribution in [1.82, 2.24) is 0 Å². The molecule has 33 heavy (non-hydrogen) atoms. The van der Waals surface area contributed by atoms with Gasteiger partial charge in [-0.2, -0.15) is 4.73 Å². The van der Waals surface area contributed by atoms with Crippen molar-refractivity contribution in [2.45, 2.75) is 12.3 Å². The summed E-state index contributed by atoms with van der Waals surface area (Å²) in [7, 11) is 2.89. The molecule has 2 aromatic carbocycles. The summed E-state index contributed by atoms with van der Waals surface area (Å²) in [5.41, 5.74) is 0.172. The molecule has 172 valence electrons. The zero-order chi connectivity index (χ0) is 24.3. The Labute approximate surface area is 198 Å². The molecule has 3 rings (SSSR count). The van der Waals surface area contributed by atoms with Gasteiger partial charge in [-0.1, -0.05) is 35.3 Å². The molecule has 0 bridgehead atoms. The van der Waals surface area contributed by atoms with E-state index in [0.717, 1.165) is 12.4 Å². The van der Waals surface area contributed by atoms with E-state index in [1.807, 2.05) is 0 Å². The number of ether oxygens (including phenoxy) is 2. The largest absolute Gasteiger partial charge is 0.619 e. The first-order chi connectivity index (χ1) is 15.7. The summed E-state index contributed by atoms with van der Waals surface area (Å²) in [5.74, 6) is -1.45. The van der Waals surface area contributed by atoms with E-state index >= 15 is 0 Å². The zero-order valence-electron chi connectivity index (χ0n) is 17.5. The van der Waals surface area contributed by atoms with Crippen LogP contribution in [0.2, 0.25) is 10.0 Å². The van der Waals surface area contributed by atoms with Gasteiger partial charge in [-0.05, 0) is 30.2 Å². The summed E-state index contributed by atoms with van der Waals surface area (Å²) in [5, 5.41) is 33.4. The Morgan fingerprint density at radius 1 is 1.12 bits per heavy atom. The number of nitrogens with zero attached hydrogens (tertiary/aromatic N) is 2. The van der Waals surface area contributed by atoms with E-state index in [2.05, 4.69) is 0 Å². The van der Waals surface area contributed by atoms with Crippen molar-refractivity contribution >= 4 is 34.9 Å². The van der Waals surface area contributed by atoms with Gasteiger partial charge in [-0.25, -0.2) is 4.79 Å². The standard InChI is InChI=1S/C22H18Cl2N2O7/c1-32-19-7-6-12(8-20(19)33-2)14(9-15-16(23)10-25(29)11-17(15)24)21-13(22(27)28)4-3-5-18(21)26(30)31/h3-8,10-11,14H,9H2,1-2H3,(H,27,28)/t14-/m0/s1. The summed E-state index contributed by atoms with van der Waals surface area (Å²) < 4.78 is 11.1. The third-order valence-corrected chi connectivity index (χ3v) is 5.79. The highest BCUT2D eigenvalue weighted by Crippen LogP contribution is 2.41. The Morgan fingerprint density at radius 2 is 1.76 bits per heavy atom. The van der Waals surface area contributed by atoms with Crippen LogP contribution < -0.4 is 14.2 Å². The second-order valence-corrected chi connectivity index (χ2v) is 7.78. The maximum absolute atomic E-state index is 12.0. The fourth-order valence-electron chi connectivity index (χ4n) is 3.65. The molecule has 1 atom stereocenters. The number of hydrogen-bond donors (Lipinski definition) is 1. The first kappa shape index (κ1) is 24.1. The van der Waals surface area contributed by atoms with E-state index in [1.165, 1.54) is 32.4 Å². The van der Waals surface area contributed by atoms with Crippen LogP contribution in [0.4, 0.5) is 5.69 Å². The van der Waals surface area contributed by atoms with E-state index in [0.29, 0.717) is 27.4 Å². The molecule has 0 aliphatic rings. The quantitative estimate of drug-likeness (QED) is 0.210. The Hall–Kier alpha value is -3.56. The van der Waals surface area contributed by atoms with Crippen molar-refractivity contribution in [2.24, 2.45) is 0 Å². The van der Waals surface area contributed by atoms with Gasteiger partial charge in [-0.15, -0.1) is 0 Å². The molecule has 1 aromatic heterocycles. The molecule has 0 unspecified atom stereocenters. The van der Waals surface area contributed by atoms with Crippen molar-refractivity contribution in [3.63, 3.8) is 0 Å². The summed E-state index contributed by atoms with van der Waals surface area (Å²) in [4.78, 5) is 23.2. The molecule has 0 spiro atoms. The van der Waals surface area contributed by atoms with Gasteiger partial charge in [0.25, 0.3) is 5.69 Å². The number of nitro groups is 1. The highest BCUT2D eigenvalue weighted by Gasteiger charge is 2.31. The van der Waals surface area contributed by atoms with Crippen LogP contribution >= 0.6 is 23.2 Å². The van der Waals surface area contributed by atoms with Crippen LogP contribution in [0.15, 0.2) is 48.8 Å². The predicted octanol–water partition coefficient (Wildman–Crippen LogP) is 4.63. The first-order valence-electron chi connectivity index (χ1n) is 9.47. The SMILES string of the molecule is COc1ccc([C@H](Cc2c(Cl)c[n+]([O-])cc2Cl)c2c(C(=O)O)cccc2[N+](=O)[O-])cc1OC. The number of aromatic carboxylic acids is 1. The minimum atomic E-state index is -1.33. The smallest absolute Gasteiger partial charge is 0.336 e. The van der Waals surface area contributed by atoms with E-state index in [9.17, 15) is 25.2 Å². The fourth-order valence-corrected chi connectivity index (χ4v) is 4.25. The normalized spacial score (nSPS) is 11.6. The molecule has 1 N–H and O–H groups in total. The minimum absolute atomic E-state index is 0.0286. The van der Waals surface area contributed by atoms with Gasteiger partial charge in [0.1, 0.15) is 10.0 Å². The highest BCUT2D eigenvalue weighted by molar-refractivity contribution is 6.35.